The van der Waals surface area contributed by atoms with Gasteiger partial charge in [-0.1, -0.05) is 60.3 Å². The lowest BCUT2D eigenvalue weighted by atomic mass is 10.4. The molecule has 0 amide bonds. The Morgan fingerprint density at radius 2 is 0.862 bits per heavy atom. The molecule has 0 fully saturated rings. The molecule has 0 aliphatic rings. The van der Waals surface area contributed by atoms with Crippen LogP contribution in [0.5, 0.6) is 0 Å². The minimum absolute atomic E-state index is 0.0763. The summed E-state index contributed by atoms with van der Waals surface area (Å²) in [5.74, 6) is 0. The van der Waals surface area contributed by atoms with Crippen LogP contribution in [0.15, 0.2) is 24.6 Å². The molecule has 0 unspecified atom stereocenters. The fourth-order valence-corrected chi connectivity index (χ4v) is 12.3. The van der Waals surface area contributed by atoms with E-state index in [1.165, 1.54) is 0 Å². The molecule has 0 aromatic rings. The molecule has 6 heteroatoms. The Hall–Kier alpha value is -0.246. The van der Waals surface area contributed by atoms with E-state index in [1.54, 1.807) is 0 Å². The van der Waals surface area contributed by atoms with Crippen LogP contribution in [-0.4, -0.2) is 43.5 Å². The van der Waals surface area contributed by atoms with E-state index in [0.29, 0.717) is 26.4 Å². The van der Waals surface area contributed by atoms with Crippen LogP contribution in [0.4, 0.5) is 0 Å². The fraction of sp³-hybridized carbons (Fsp3) is 0.826. The second-order valence-corrected chi connectivity index (χ2v) is 14.4. The van der Waals surface area contributed by atoms with Crippen molar-refractivity contribution in [2.45, 2.75) is 97.6 Å². The summed E-state index contributed by atoms with van der Waals surface area (Å²) in [6.45, 7) is 22.1. The van der Waals surface area contributed by atoms with Gasteiger partial charge in [0.2, 0.25) is 0 Å². The molecule has 0 rings (SSSR count). The van der Waals surface area contributed by atoms with Gasteiger partial charge in [0, 0.05) is 26.4 Å². The van der Waals surface area contributed by atoms with E-state index in [1.807, 2.05) is 11.4 Å². The third kappa shape index (κ3) is 9.62. The van der Waals surface area contributed by atoms with Crippen LogP contribution in [0, 0.1) is 0 Å². The summed E-state index contributed by atoms with van der Waals surface area (Å²) in [5, 5.41) is 0.0763. The van der Waals surface area contributed by atoms with Crippen molar-refractivity contribution in [1.29, 1.82) is 0 Å². The van der Waals surface area contributed by atoms with E-state index < -0.39 is 17.1 Å². The van der Waals surface area contributed by atoms with Crippen LogP contribution in [0.2, 0.25) is 5.16 Å². The van der Waals surface area contributed by atoms with Gasteiger partial charge >= 0.3 is 17.1 Å². The maximum Gasteiger partial charge on any atom is 0.369 e. The summed E-state index contributed by atoms with van der Waals surface area (Å²) >= 11 is 0. The first kappa shape index (κ1) is 28.8. The standard InChI is InChI=1S/C23H48O4Si2/c1-8-15-19-24-28(13-6,25-20-16-9-2)23(12-5)29(14-7,26-21-17-10-3)27-22-18-11-4/h13-14,23H,6-12,15-22H2,1-5H3. The first-order chi connectivity index (χ1) is 14.1. The zero-order valence-corrected chi connectivity index (χ0v) is 22.0. The Bertz CT molecular complexity index is 362. The molecule has 4 nitrogen and oxygen atoms in total. The quantitative estimate of drug-likeness (QED) is 0.142. The SMILES string of the molecule is C=C[Si](OCCCC)(OCCCC)C(CC)[Si](C=C)(OCCCC)OCCCC. The van der Waals surface area contributed by atoms with Crippen molar-refractivity contribution in [3.63, 3.8) is 0 Å². The third-order valence-corrected chi connectivity index (χ3v) is 14.2. The van der Waals surface area contributed by atoms with Crippen LogP contribution in [0.25, 0.3) is 0 Å². The van der Waals surface area contributed by atoms with E-state index in [0.717, 1.165) is 57.8 Å². The summed E-state index contributed by atoms with van der Waals surface area (Å²) in [5.41, 5.74) is 3.95. The van der Waals surface area contributed by atoms with Crippen LogP contribution in [-0.2, 0) is 17.7 Å². The van der Waals surface area contributed by atoms with Gasteiger partial charge in [-0.2, -0.15) is 0 Å². The smallest absolute Gasteiger partial charge is 0.369 e. The Balaban J connectivity index is 5.93. The number of unbranched alkanes of at least 4 members (excludes halogenated alkanes) is 4. The molecule has 0 heterocycles. The average Bonchev–Trinajstić information content (AvgIpc) is 2.74. The molecule has 172 valence electrons. The highest BCUT2D eigenvalue weighted by atomic mass is 28.4. The van der Waals surface area contributed by atoms with Gasteiger partial charge in [-0.25, -0.2) is 0 Å². The van der Waals surface area contributed by atoms with E-state index in [-0.39, 0.29) is 5.16 Å². The predicted molar refractivity (Wildman–Crippen MR) is 129 cm³/mol. The first-order valence-electron chi connectivity index (χ1n) is 11.9. The van der Waals surface area contributed by atoms with Crippen molar-refractivity contribution in [3.05, 3.63) is 24.6 Å². The van der Waals surface area contributed by atoms with Crippen LogP contribution < -0.4 is 0 Å². The van der Waals surface area contributed by atoms with Crippen LogP contribution in [0.3, 0.4) is 0 Å². The molecule has 29 heavy (non-hydrogen) atoms. The van der Waals surface area contributed by atoms with Gasteiger partial charge in [-0.05, 0) is 43.5 Å². The second-order valence-electron chi connectivity index (χ2n) is 7.62. The predicted octanol–water partition coefficient (Wildman–Crippen LogP) is 6.91. The average molecular weight is 445 g/mol. The number of hydrogen-bond donors (Lipinski definition) is 0. The summed E-state index contributed by atoms with van der Waals surface area (Å²) in [7, 11) is -5.49. The fourth-order valence-electron chi connectivity index (χ4n) is 3.36. The molecule has 0 spiro atoms. The Kier molecular flexibility index (Phi) is 17.3. The topological polar surface area (TPSA) is 36.9 Å². The summed E-state index contributed by atoms with van der Waals surface area (Å²) in [6.07, 6.45) is 9.34. The van der Waals surface area contributed by atoms with Crippen molar-refractivity contribution in [2.24, 2.45) is 0 Å². The highest BCUT2D eigenvalue weighted by molar-refractivity contribution is 6.92. The normalized spacial score (nSPS) is 12.5. The molecular weight excluding hydrogens is 396 g/mol. The molecule has 0 bridgehead atoms. The summed E-state index contributed by atoms with van der Waals surface area (Å²) < 4.78 is 26.3. The lowest BCUT2D eigenvalue weighted by molar-refractivity contribution is 0.141. The summed E-state index contributed by atoms with van der Waals surface area (Å²) in [4.78, 5) is 0. The Morgan fingerprint density at radius 3 is 1.03 bits per heavy atom. The molecule has 0 saturated carbocycles. The van der Waals surface area contributed by atoms with Crippen molar-refractivity contribution in [1.82, 2.24) is 0 Å². The van der Waals surface area contributed by atoms with Gasteiger partial charge in [0.05, 0.1) is 5.16 Å². The maximum absolute atomic E-state index is 6.56. The first-order valence-corrected chi connectivity index (χ1v) is 15.8. The molecule has 0 saturated heterocycles. The van der Waals surface area contributed by atoms with E-state index in [4.69, 9.17) is 17.7 Å². The molecule has 0 atom stereocenters. The Labute approximate surface area is 183 Å². The molecule has 0 N–H and O–H groups in total. The maximum atomic E-state index is 6.56. The lowest BCUT2D eigenvalue weighted by Crippen LogP contribution is -2.60. The highest BCUT2D eigenvalue weighted by Gasteiger charge is 2.57. The van der Waals surface area contributed by atoms with E-state index in [9.17, 15) is 0 Å². The minimum atomic E-state index is -2.75. The van der Waals surface area contributed by atoms with Gasteiger partial charge in [0.1, 0.15) is 0 Å². The lowest BCUT2D eigenvalue weighted by Gasteiger charge is -2.42. The van der Waals surface area contributed by atoms with Crippen molar-refractivity contribution >= 4 is 17.1 Å². The van der Waals surface area contributed by atoms with Gasteiger partial charge in [0.15, 0.2) is 0 Å². The zero-order chi connectivity index (χ0) is 22.0. The van der Waals surface area contributed by atoms with Gasteiger partial charge in [0.25, 0.3) is 0 Å². The molecule has 0 aliphatic heterocycles. The highest BCUT2D eigenvalue weighted by Crippen LogP contribution is 2.40. The van der Waals surface area contributed by atoms with E-state index in [2.05, 4.69) is 47.8 Å². The third-order valence-electron chi connectivity index (χ3n) is 5.25. The monoisotopic (exact) mass is 444 g/mol. The minimum Gasteiger partial charge on any atom is -0.391 e. The van der Waals surface area contributed by atoms with Gasteiger partial charge in [-0.15, -0.1) is 13.2 Å². The molecule has 0 aliphatic carbocycles. The largest absolute Gasteiger partial charge is 0.391 e. The molecule has 0 aromatic heterocycles. The van der Waals surface area contributed by atoms with Crippen molar-refractivity contribution in [3.8, 4) is 0 Å². The Morgan fingerprint density at radius 1 is 0.586 bits per heavy atom. The van der Waals surface area contributed by atoms with Crippen molar-refractivity contribution in [2.75, 3.05) is 26.4 Å². The van der Waals surface area contributed by atoms with Crippen LogP contribution in [0.1, 0.15) is 92.4 Å². The van der Waals surface area contributed by atoms with Crippen molar-refractivity contribution < 1.29 is 17.7 Å². The number of hydrogen-bond acceptors (Lipinski definition) is 4. The van der Waals surface area contributed by atoms with Crippen LogP contribution >= 0.6 is 0 Å². The van der Waals surface area contributed by atoms with Gasteiger partial charge < -0.3 is 17.7 Å². The van der Waals surface area contributed by atoms with E-state index >= 15 is 0 Å². The zero-order valence-electron chi connectivity index (χ0n) is 20.0. The summed E-state index contributed by atoms with van der Waals surface area (Å²) in [6, 6.07) is 0. The molecule has 0 radical (unpaired) electrons. The second kappa shape index (κ2) is 17.4. The number of rotatable bonds is 21. The van der Waals surface area contributed by atoms with Gasteiger partial charge in [-0.3, -0.25) is 0 Å². The molecule has 0 aromatic carbocycles. The molecular formula is C23H48O4Si2.